The third-order valence-corrected chi connectivity index (χ3v) is 24.5. The molecule has 111 heavy (non-hydrogen) atoms. The highest BCUT2D eigenvalue weighted by molar-refractivity contribution is 5.70. The van der Waals surface area contributed by atoms with Gasteiger partial charge in [0.15, 0.2) is 0 Å². The molecular formula is C87H126O24. The average molecular weight is 1560 g/mol. The Morgan fingerprint density at radius 2 is 0.459 bits per heavy atom. The largest absolute Gasteiger partial charge is 0.466 e. The topological polar surface area (TPSA) is 316 Å². The van der Waals surface area contributed by atoms with Crippen LogP contribution in [0.25, 0.3) is 0 Å². The van der Waals surface area contributed by atoms with E-state index in [0.717, 1.165) is 89.9 Å². The van der Waals surface area contributed by atoms with E-state index in [0.29, 0.717) is 197 Å². The molecule has 0 aromatic heterocycles. The number of esters is 12. The molecule has 24 heteroatoms. The van der Waals surface area contributed by atoms with Crippen LogP contribution in [0.1, 0.15) is 192 Å². The van der Waals surface area contributed by atoms with Gasteiger partial charge in [-0.15, -0.1) is 0 Å². The predicted octanol–water partition coefficient (Wildman–Crippen LogP) is 13.1. The first-order valence-corrected chi connectivity index (χ1v) is 40.8. The van der Waals surface area contributed by atoms with Gasteiger partial charge in [-0.3, -0.25) is 57.5 Å². The fourth-order valence-corrected chi connectivity index (χ4v) is 19.6. The number of allylic oxidation sites excluding steroid dienone is 10. The maximum absolute atomic E-state index is 11.6. The minimum atomic E-state index is -0.284. The van der Waals surface area contributed by atoms with Crippen molar-refractivity contribution >= 4 is 71.6 Å². The second-order valence-corrected chi connectivity index (χ2v) is 32.1. The average Bonchev–Trinajstić information content (AvgIpc) is 1.69. The van der Waals surface area contributed by atoms with Crippen LogP contribution in [0.5, 0.6) is 0 Å². The maximum Gasteiger partial charge on any atom is 0.305 e. The molecule has 0 aromatic rings. The van der Waals surface area contributed by atoms with Crippen molar-refractivity contribution < 1.29 is 114 Å². The Balaban J connectivity index is 0.000000185. The van der Waals surface area contributed by atoms with Crippen molar-refractivity contribution in [3.05, 3.63) is 72.9 Å². The number of ether oxygens (including phenoxy) is 12. The van der Waals surface area contributed by atoms with Gasteiger partial charge in [0.2, 0.25) is 0 Å². The molecule has 0 heterocycles. The molecule has 24 atom stereocenters. The third-order valence-electron chi connectivity index (χ3n) is 24.5. The number of hydrogen-bond acceptors (Lipinski definition) is 24. The lowest BCUT2D eigenvalue weighted by Gasteiger charge is -2.27. The highest BCUT2D eigenvalue weighted by Gasteiger charge is 2.50. The molecule has 0 amide bonds. The van der Waals surface area contributed by atoms with Gasteiger partial charge >= 0.3 is 71.6 Å². The van der Waals surface area contributed by atoms with Gasteiger partial charge in [-0.1, -0.05) is 99.1 Å². The molecule has 0 N–H and O–H groups in total. The van der Waals surface area contributed by atoms with Crippen LogP contribution in [-0.4, -0.2) is 150 Å². The highest BCUT2D eigenvalue weighted by Crippen LogP contribution is 2.54. The van der Waals surface area contributed by atoms with Crippen LogP contribution in [0.15, 0.2) is 72.9 Å². The molecular weight excluding hydrogens is 1430 g/mol. The number of carbonyl (C=O) groups is 12. The van der Waals surface area contributed by atoms with Gasteiger partial charge in [0, 0.05) is 130 Å². The lowest BCUT2D eigenvalue weighted by atomic mass is 9.79. The zero-order chi connectivity index (χ0) is 80.8. The summed E-state index contributed by atoms with van der Waals surface area (Å²) in [5.41, 5.74) is 0. The molecule has 0 spiro atoms. The van der Waals surface area contributed by atoms with Crippen LogP contribution in [0.2, 0.25) is 0 Å². The van der Waals surface area contributed by atoms with E-state index in [9.17, 15) is 57.5 Å². The summed E-state index contributed by atoms with van der Waals surface area (Å²) in [4.78, 5) is 131. The van der Waals surface area contributed by atoms with Crippen LogP contribution in [0, 0.1) is 130 Å². The SMILES string of the molecule is CC(=O)OCC1C2C=CC(C2)C1COC(C)=O.CC(=O)OCC1C2C=CC(C2)C1OC(C)=O.CC(=O)OCCC1C2C=CC(C2)C1CCOC(C)=O.CC(=O)OCCC1C2C=CC(C2)C1COC(C)=O.CC(=O)OCCCC1C2C=CC(C2)C1COC(C)=O.CCC(=O)OC1C2C=CC(C2)C1CCCCCCOC(C)=O. The van der Waals surface area contributed by atoms with E-state index in [-0.39, 0.29) is 89.8 Å². The number of unbranched alkanes of at least 4 members (excludes halogenated alkanes) is 3. The number of carbonyl (C=O) groups excluding carboxylic acids is 12. The predicted molar refractivity (Wildman–Crippen MR) is 408 cm³/mol. The van der Waals surface area contributed by atoms with Crippen LogP contribution in [-0.2, 0) is 114 Å². The molecule has 6 saturated carbocycles. The van der Waals surface area contributed by atoms with Crippen molar-refractivity contribution in [3.63, 3.8) is 0 Å². The third kappa shape index (κ3) is 28.9. The fraction of sp³-hybridized carbons (Fsp3) is 0.724. The Labute approximate surface area is 656 Å². The second-order valence-electron chi connectivity index (χ2n) is 32.1. The molecule has 24 nitrogen and oxygen atoms in total. The Morgan fingerprint density at radius 1 is 0.225 bits per heavy atom. The van der Waals surface area contributed by atoms with Crippen molar-refractivity contribution in [1.29, 1.82) is 0 Å². The summed E-state index contributed by atoms with van der Waals surface area (Å²) in [5.74, 6) is 7.74. The fourth-order valence-electron chi connectivity index (χ4n) is 19.6. The van der Waals surface area contributed by atoms with E-state index < -0.39 is 0 Å². The van der Waals surface area contributed by atoms with Crippen LogP contribution >= 0.6 is 0 Å². The van der Waals surface area contributed by atoms with E-state index >= 15 is 0 Å². The summed E-state index contributed by atoms with van der Waals surface area (Å²) in [7, 11) is 0. The van der Waals surface area contributed by atoms with Gasteiger partial charge < -0.3 is 56.8 Å². The summed E-state index contributed by atoms with van der Waals surface area (Å²) in [6.07, 6.45) is 44.1. The first kappa shape index (κ1) is 90.3. The Kier molecular flexibility index (Phi) is 37.2. The molecule has 0 radical (unpaired) electrons. The van der Waals surface area contributed by atoms with E-state index in [1.165, 1.54) is 89.0 Å². The van der Waals surface area contributed by atoms with Crippen molar-refractivity contribution in [2.45, 2.75) is 204 Å². The van der Waals surface area contributed by atoms with Gasteiger partial charge in [0.05, 0.1) is 66.1 Å². The quantitative estimate of drug-likeness (QED) is 0.0255. The molecule has 12 rings (SSSR count). The zero-order valence-corrected chi connectivity index (χ0v) is 67.7. The number of fused-ring (bicyclic) bond motifs is 12. The van der Waals surface area contributed by atoms with Crippen molar-refractivity contribution in [1.82, 2.24) is 0 Å². The molecule has 24 unspecified atom stereocenters. The minimum absolute atomic E-state index is 0.0719. The molecule has 0 saturated heterocycles. The molecule has 0 aromatic carbocycles. The second kappa shape index (κ2) is 45.7. The van der Waals surface area contributed by atoms with Gasteiger partial charge in [-0.25, -0.2) is 0 Å². The Bertz CT molecular complexity index is 3240. The minimum Gasteiger partial charge on any atom is -0.466 e. The normalized spacial score (nSPS) is 32.0. The van der Waals surface area contributed by atoms with Crippen molar-refractivity contribution in [2.24, 2.45) is 130 Å². The van der Waals surface area contributed by atoms with Gasteiger partial charge in [-0.05, 0) is 166 Å². The summed E-state index contributed by atoms with van der Waals surface area (Å²) in [5, 5.41) is 0. The highest BCUT2D eigenvalue weighted by atomic mass is 16.6. The lowest BCUT2D eigenvalue weighted by molar-refractivity contribution is -0.154. The summed E-state index contributed by atoms with van der Waals surface area (Å²) >= 11 is 0. The van der Waals surface area contributed by atoms with Gasteiger partial charge in [0.1, 0.15) is 12.2 Å². The van der Waals surface area contributed by atoms with E-state index in [4.69, 9.17) is 56.8 Å². The molecule has 6 fully saturated rings. The lowest BCUT2D eigenvalue weighted by Crippen LogP contribution is -2.33. The van der Waals surface area contributed by atoms with E-state index in [1.807, 2.05) is 6.92 Å². The van der Waals surface area contributed by atoms with Crippen LogP contribution < -0.4 is 0 Å². The monoisotopic (exact) mass is 1550 g/mol. The summed E-state index contributed by atoms with van der Waals surface area (Å²) < 4.78 is 61.6. The van der Waals surface area contributed by atoms with Crippen molar-refractivity contribution in [2.75, 3.05) is 66.1 Å². The molecule has 12 bridgehead atoms. The smallest absolute Gasteiger partial charge is 0.305 e. The first-order chi connectivity index (χ1) is 53.0. The van der Waals surface area contributed by atoms with E-state index in [1.54, 1.807) is 0 Å². The van der Waals surface area contributed by atoms with Gasteiger partial charge in [0.25, 0.3) is 0 Å². The summed E-state index contributed by atoms with van der Waals surface area (Å²) in [6, 6.07) is 0. The standard InChI is InChI=1S/C18H28O4.2C15H22O4.C14H20O4.C13H18O4.C12H16O4/c1-3-17(20)22-18-15-10-9-14(12-15)16(18)8-6-4-5-7-11-21-13(2)19;1-10(16)18-7-5-14-12-3-4-13(9-12)15(14)6-8-19-11(2)17;1-10(16)18-7-3-4-14-12-5-6-13(8-12)15(14)9-19-11(2)17;1-9(15)17-6-5-13-11-3-4-12(7-11)14(13)8-18-10(2)16;1-8(14)16-6-12-10-3-4-11(5-10)13(12)7-17-9(2)15;1-7(13)15-6-11-9-3-4-10(5-9)12(11)16-8(2)14/h9-10,14-16,18H,3-8,11-12H2,1-2H3;3-4,12-15H,5-9H2,1-2H3;5-6,12-15H,3-4,7-9H2,1-2H3;3-4,11-14H,5-8H2,1-2H3;3-4,10-13H,5-7H2,1-2H3;3-4,9-12H,5-6H2,1-2H3. The summed E-state index contributed by atoms with van der Waals surface area (Å²) in [6.45, 7) is 22.3. The molecule has 618 valence electrons. The molecule has 12 aliphatic carbocycles. The number of rotatable bonds is 33. The maximum atomic E-state index is 11.6. The molecule has 0 aliphatic heterocycles. The number of hydrogen-bond donors (Lipinski definition) is 0. The van der Waals surface area contributed by atoms with Gasteiger partial charge in [-0.2, -0.15) is 0 Å². The Hall–Kier alpha value is -7.92. The van der Waals surface area contributed by atoms with Crippen LogP contribution in [0.4, 0.5) is 0 Å². The first-order valence-electron chi connectivity index (χ1n) is 40.8. The Morgan fingerprint density at radius 3 is 0.793 bits per heavy atom. The zero-order valence-electron chi connectivity index (χ0n) is 67.7. The van der Waals surface area contributed by atoms with Crippen LogP contribution in [0.3, 0.4) is 0 Å². The van der Waals surface area contributed by atoms with E-state index in [2.05, 4.69) is 72.9 Å². The molecule has 12 aliphatic rings. The van der Waals surface area contributed by atoms with Crippen molar-refractivity contribution in [3.8, 4) is 0 Å².